The molecule has 2 N–H and O–H groups in total. The van der Waals surface area contributed by atoms with E-state index in [9.17, 15) is 4.39 Å². The zero-order chi connectivity index (χ0) is 11.6. The van der Waals surface area contributed by atoms with Crippen LogP contribution in [0.3, 0.4) is 0 Å². The molecule has 2 aromatic rings. The van der Waals surface area contributed by atoms with Crippen LogP contribution >= 0.6 is 0 Å². The van der Waals surface area contributed by atoms with E-state index >= 15 is 0 Å². The van der Waals surface area contributed by atoms with Crippen LogP contribution in [0, 0.1) is 0 Å². The van der Waals surface area contributed by atoms with Gasteiger partial charge in [0.1, 0.15) is 11.3 Å². The third-order valence-corrected chi connectivity index (χ3v) is 2.84. The Morgan fingerprint density at radius 3 is 2.75 bits per heavy atom. The van der Waals surface area contributed by atoms with Gasteiger partial charge in [0, 0.05) is 11.9 Å². The van der Waals surface area contributed by atoms with Crippen LogP contribution in [-0.4, -0.2) is 6.54 Å². The minimum absolute atomic E-state index is 0.0410. The van der Waals surface area contributed by atoms with Crippen molar-refractivity contribution < 1.29 is 8.81 Å². The number of furan rings is 1. The van der Waals surface area contributed by atoms with Gasteiger partial charge in [0.05, 0.1) is 0 Å². The second kappa shape index (κ2) is 4.26. The quantitative estimate of drug-likeness (QED) is 0.859. The van der Waals surface area contributed by atoms with Crippen molar-refractivity contribution in [1.29, 1.82) is 0 Å². The molecule has 0 saturated heterocycles. The van der Waals surface area contributed by atoms with Gasteiger partial charge in [-0.05, 0) is 18.6 Å². The molecule has 16 heavy (non-hydrogen) atoms. The largest absolute Gasteiger partial charge is 0.458 e. The fourth-order valence-corrected chi connectivity index (χ4v) is 1.92. The van der Waals surface area contributed by atoms with Gasteiger partial charge in [-0.1, -0.05) is 31.5 Å². The molecule has 1 aromatic carbocycles. The van der Waals surface area contributed by atoms with Crippen LogP contribution in [0.5, 0.6) is 0 Å². The summed E-state index contributed by atoms with van der Waals surface area (Å²) in [5.41, 5.74) is 4.69. The molecule has 1 atom stereocenters. The highest BCUT2D eigenvalue weighted by molar-refractivity contribution is 5.77. The molecule has 0 amide bonds. The van der Waals surface area contributed by atoms with Crippen molar-refractivity contribution in [2.24, 2.45) is 5.73 Å². The van der Waals surface area contributed by atoms with Crippen molar-refractivity contribution in [2.75, 3.05) is 6.54 Å². The Morgan fingerprint density at radius 2 is 2.12 bits per heavy atom. The minimum Gasteiger partial charge on any atom is -0.458 e. The smallest absolute Gasteiger partial charge is 0.180 e. The van der Waals surface area contributed by atoms with Gasteiger partial charge >= 0.3 is 0 Å². The van der Waals surface area contributed by atoms with Crippen LogP contribution < -0.4 is 5.73 Å². The van der Waals surface area contributed by atoms with E-state index in [4.69, 9.17) is 10.2 Å². The number of benzene rings is 1. The van der Waals surface area contributed by atoms with Crippen molar-refractivity contribution >= 4 is 11.0 Å². The first-order valence-corrected chi connectivity index (χ1v) is 5.57. The molecule has 0 bridgehead atoms. The third-order valence-electron chi connectivity index (χ3n) is 2.84. The Hall–Kier alpha value is -1.35. The number of hydrogen-bond acceptors (Lipinski definition) is 2. The summed E-state index contributed by atoms with van der Waals surface area (Å²) in [7, 11) is 0. The zero-order valence-electron chi connectivity index (χ0n) is 9.37. The maximum atomic E-state index is 14.5. The molecule has 0 fully saturated rings. The summed E-state index contributed by atoms with van der Waals surface area (Å²) in [4.78, 5) is 0. The van der Waals surface area contributed by atoms with Crippen LogP contribution in [0.1, 0.15) is 25.5 Å². The highest BCUT2D eigenvalue weighted by atomic mass is 19.1. The van der Waals surface area contributed by atoms with Crippen molar-refractivity contribution in [1.82, 2.24) is 0 Å². The Labute approximate surface area is 94.2 Å². The van der Waals surface area contributed by atoms with Crippen molar-refractivity contribution in [3.05, 3.63) is 36.1 Å². The maximum Gasteiger partial charge on any atom is 0.180 e. The molecule has 1 aromatic heterocycles. The molecule has 0 radical (unpaired) electrons. The molecule has 2 rings (SSSR count). The Kier molecular flexibility index (Phi) is 2.97. The summed E-state index contributed by atoms with van der Waals surface area (Å²) in [6.45, 7) is 1.90. The third kappa shape index (κ3) is 1.83. The van der Waals surface area contributed by atoms with Crippen LogP contribution in [0.2, 0.25) is 0 Å². The molecule has 2 nitrogen and oxygen atoms in total. The number of alkyl halides is 1. The van der Waals surface area contributed by atoms with Gasteiger partial charge in [-0.15, -0.1) is 0 Å². The first kappa shape index (κ1) is 11.1. The lowest BCUT2D eigenvalue weighted by atomic mass is 9.97. The normalized spacial score (nSPS) is 15.2. The van der Waals surface area contributed by atoms with Gasteiger partial charge in [-0.3, -0.25) is 0 Å². The average molecular weight is 221 g/mol. The molecular formula is C13H16FNO. The first-order valence-electron chi connectivity index (χ1n) is 5.57. The lowest BCUT2D eigenvalue weighted by molar-refractivity contribution is 0.128. The SMILES string of the molecule is CCCC(F)(CN)c1cc2ccccc2o1. The van der Waals surface area contributed by atoms with Gasteiger partial charge in [0.15, 0.2) is 5.67 Å². The van der Waals surface area contributed by atoms with E-state index in [1.807, 2.05) is 31.2 Å². The highest BCUT2D eigenvalue weighted by Crippen LogP contribution is 2.34. The maximum absolute atomic E-state index is 14.5. The molecule has 1 heterocycles. The van der Waals surface area contributed by atoms with Gasteiger partial charge in [0.2, 0.25) is 0 Å². The fraction of sp³-hybridized carbons (Fsp3) is 0.385. The summed E-state index contributed by atoms with van der Waals surface area (Å²) in [5, 5.41) is 0.920. The van der Waals surface area contributed by atoms with Crippen LogP contribution in [0.4, 0.5) is 4.39 Å². The Balaban J connectivity index is 2.45. The van der Waals surface area contributed by atoms with Crippen LogP contribution in [0.15, 0.2) is 34.7 Å². The highest BCUT2D eigenvalue weighted by Gasteiger charge is 2.33. The summed E-state index contributed by atoms with van der Waals surface area (Å²) >= 11 is 0. The lowest BCUT2D eigenvalue weighted by Crippen LogP contribution is -2.29. The van der Waals surface area contributed by atoms with E-state index in [0.717, 1.165) is 11.8 Å². The predicted molar refractivity (Wildman–Crippen MR) is 63.0 cm³/mol. The van der Waals surface area contributed by atoms with Crippen molar-refractivity contribution in [3.8, 4) is 0 Å². The summed E-state index contributed by atoms with van der Waals surface area (Å²) < 4.78 is 20.0. The van der Waals surface area contributed by atoms with E-state index in [-0.39, 0.29) is 6.54 Å². The zero-order valence-corrected chi connectivity index (χ0v) is 9.37. The number of hydrogen-bond donors (Lipinski definition) is 1. The molecule has 1 unspecified atom stereocenters. The molecule has 86 valence electrons. The van der Waals surface area contributed by atoms with Crippen molar-refractivity contribution in [3.63, 3.8) is 0 Å². The second-order valence-corrected chi connectivity index (χ2v) is 4.07. The van der Waals surface area contributed by atoms with Crippen molar-refractivity contribution in [2.45, 2.75) is 25.4 Å². The van der Waals surface area contributed by atoms with Gasteiger partial charge in [-0.25, -0.2) is 4.39 Å². The molecule has 0 spiro atoms. The minimum atomic E-state index is -1.53. The molecular weight excluding hydrogens is 205 g/mol. The van der Waals surface area contributed by atoms with E-state index < -0.39 is 5.67 Å². The fourth-order valence-electron chi connectivity index (χ4n) is 1.92. The average Bonchev–Trinajstić information content (AvgIpc) is 2.73. The number of para-hydroxylation sites is 1. The van der Waals surface area contributed by atoms with E-state index in [1.54, 1.807) is 6.07 Å². The number of fused-ring (bicyclic) bond motifs is 1. The standard InChI is InChI=1S/C13H16FNO/c1-2-7-13(14,9-15)12-8-10-5-3-4-6-11(10)16-12/h3-6,8H,2,7,9,15H2,1H3. The molecule has 3 heteroatoms. The summed E-state index contributed by atoms with van der Waals surface area (Å²) in [6, 6.07) is 9.27. The topological polar surface area (TPSA) is 39.2 Å². The van der Waals surface area contributed by atoms with Gasteiger partial charge < -0.3 is 10.2 Å². The summed E-state index contributed by atoms with van der Waals surface area (Å²) in [5.74, 6) is 0.345. The van der Waals surface area contributed by atoms with E-state index in [0.29, 0.717) is 17.8 Å². The number of halogens is 1. The molecule has 0 aliphatic carbocycles. The summed E-state index contributed by atoms with van der Waals surface area (Å²) in [6.07, 6.45) is 1.13. The first-order chi connectivity index (χ1) is 7.69. The number of rotatable bonds is 4. The monoisotopic (exact) mass is 221 g/mol. The van der Waals surface area contributed by atoms with Crippen LogP contribution in [-0.2, 0) is 5.67 Å². The number of nitrogens with two attached hydrogens (primary N) is 1. The second-order valence-electron chi connectivity index (χ2n) is 4.07. The Morgan fingerprint density at radius 1 is 1.38 bits per heavy atom. The van der Waals surface area contributed by atoms with Crippen LogP contribution in [0.25, 0.3) is 11.0 Å². The Bertz CT molecular complexity index is 446. The van der Waals surface area contributed by atoms with E-state index in [1.165, 1.54) is 0 Å². The molecule has 0 aliphatic heterocycles. The molecule has 0 aliphatic rings. The van der Waals surface area contributed by atoms with Gasteiger partial charge in [0.25, 0.3) is 0 Å². The molecule has 0 saturated carbocycles. The predicted octanol–water partition coefficient (Wildman–Crippen LogP) is 3.36. The lowest BCUT2D eigenvalue weighted by Gasteiger charge is -2.19. The van der Waals surface area contributed by atoms with Gasteiger partial charge in [-0.2, -0.15) is 0 Å². The van der Waals surface area contributed by atoms with E-state index in [2.05, 4.69) is 0 Å².